The molecule has 0 atom stereocenters. The van der Waals surface area contributed by atoms with Gasteiger partial charge >= 0.3 is 58.4 Å². The molecule has 0 aliphatic heterocycles. The predicted octanol–water partition coefficient (Wildman–Crippen LogP) is 1.39. The SMILES string of the molecule is F[B-](F)(F)CCc1c(Cl)cccc1Cl.[K+]. The molecule has 0 spiro atoms. The second-order valence-electron chi connectivity index (χ2n) is 2.95. The van der Waals surface area contributed by atoms with Crippen molar-refractivity contribution in [3.8, 4) is 0 Å². The summed E-state index contributed by atoms with van der Waals surface area (Å²) in [4.78, 5) is 0. The van der Waals surface area contributed by atoms with E-state index in [1.54, 1.807) is 6.07 Å². The van der Waals surface area contributed by atoms with Gasteiger partial charge in [-0.3, -0.25) is 0 Å². The van der Waals surface area contributed by atoms with Crippen molar-refractivity contribution in [1.29, 1.82) is 0 Å². The van der Waals surface area contributed by atoms with Crippen LogP contribution in [0.4, 0.5) is 12.9 Å². The van der Waals surface area contributed by atoms with Crippen LogP contribution < -0.4 is 51.4 Å². The third-order valence-corrected chi connectivity index (χ3v) is 2.49. The van der Waals surface area contributed by atoms with Crippen molar-refractivity contribution in [1.82, 2.24) is 0 Å². The topological polar surface area (TPSA) is 0 Å². The van der Waals surface area contributed by atoms with Gasteiger partial charge in [-0.2, -0.15) is 0 Å². The van der Waals surface area contributed by atoms with Crippen molar-refractivity contribution in [3.05, 3.63) is 33.8 Å². The van der Waals surface area contributed by atoms with Crippen LogP contribution in [-0.4, -0.2) is 6.98 Å². The molecule has 0 saturated carbocycles. The zero-order valence-corrected chi connectivity index (χ0v) is 12.7. The molecule has 0 amide bonds. The monoisotopic (exact) mass is 280 g/mol. The summed E-state index contributed by atoms with van der Waals surface area (Å²) in [6, 6.07) is 4.67. The van der Waals surface area contributed by atoms with E-state index >= 15 is 0 Å². The van der Waals surface area contributed by atoms with Crippen LogP contribution >= 0.6 is 23.2 Å². The Kier molecular flexibility index (Phi) is 7.48. The van der Waals surface area contributed by atoms with E-state index in [1.807, 2.05) is 0 Å². The molecular formula is C8H7BCl2F3K. The third kappa shape index (κ3) is 5.96. The van der Waals surface area contributed by atoms with Crippen LogP contribution in [0.1, 0.15) is 5.56 Å². The Labute approximate surface area is 139 Å². The van der Waals surface area contributed by atoms with Gasteiger partial charge in [-0.1, -0.05) is 35.6 Å². The van der Waals surface area contributed by atoms with Crippen LogP contribution in [0.2, 0.25) is 16.4 Å². The summed E-state index contributed by atoms with van der Waals surface area (Å²) in [5.41, 5.74) is 0.370. The van der Waals surface area contributed by atoms with Crippen molar-refractivity contribution in [3.63, 3.8) is 0 Å². The van der Waals surface area contributed by atoms with Crippen molar-refractivity contribution < 1.29 is 64.3 Å². The minimum atomic E-state index is -4.77. The normalized spacial score (nSPS) is 11.0. The first kappa shape index (κ1) is 16.3. The van der Waals surface area contributed by atoms with Gasteiger partial charge in [-0.05, 0) is 24.1 Å². The van der Waals surface area contributed by atoms with E-state index in [4.69, 9.17) is 23.2 Å². The van der Waals surface area contributed by atoms with Crippen molar-refractivity contribution in [2.45, 2.75) is 12.7 Å². The van der Waals surface area contributed by atoms with Crippen molar-refractivity contribution >= 4 is 30.2 Å². The molecule has 0 radical (unpaired) electrons. The van der Waals surface area contributed by atoms with E-state index < -0.39 is 13.3 Å². The predicted molar refractivity (Wildman–Crippen MR) is 54.1 cm³/mol. The maximum Gasteiger partial charge on any atom is 1.00 e. The summed E-state index contributed by atoms with van der Waals surface area (Å²) in [7, 11) is 0. The molecule has 0 aliphatic carbocycles. The summed E-state index contributed by atoms with van der Waals surface area (Å²) in [5, 5.41) is 0.579. The zero-order valence-electron chi connectivity index (χ0n) is 8.11. The summed E-state index contributed by atoms with van der Waals surface area (Å²) in [6.45, 7) is -4.77. The van der Waals surface area contributed by atoms with Crippen molar-refractivity contribution in [2.75, 3.05) is 0 Å². The van der Waals surface area contributed by atoms with E-state index in [2.05, 4.69) is 0 Å². The summed E-state index contributed by atoms with van der Waals surface area (Å²) in [6.07, 6.45) is -0.995. The summed E-state index contributed by atoms with van der Waals surface area (Å²) >= 11 is 11.4. The fraction of sp³-hybridized carbons (Fsp3) is 0.250. The van der Waals surface area contributed by atoms with E-state index in [9.17, 15) is 12.9 Å². The largest absolute Gasteiger partial charge is 1.00 e. The van der Waals surface area contributed by atoms with Gasteiger partial charge in [0.1, 0.15) is 0 Å². The first-order valence-electron chi connectivity index (χ1n) is 4.04. The Bertz CT molecular complexity index is 310. The van der Waals surface area contributed by atoms with E-state index in [-0.39, 0.29) is 67.9 Å². The fourth-order valence-corrected chi connectivity index (χ4v) is 1.67. The van der Waals surface area contributed by atoms with Crippen LogP contribution in [0.3, 0.4) is 0 Å². The van der Waals surface area contributed by atoms with Gasteiger partial charge in [-0.15, -0.1) is 0 Å². The first-order valence-corrected chi connectivity index (χ1v) is 4.79. The molecule has 0 aromatic heterocycles. The van der Waals surface area contributed by atoms with Gasteiger partial charge in [0.25, 0.3) is 0 Å². The Morgan fingerprint density at radius 2 is 1.53 bits per heavy atom. The molecule has 0 heterocycles. The smallest absolute Gasteiger partial charge is 0.449 e. The minimum absolute atomic E-state index is 0. The maximum absolute atomic E-state index is 12.0. The number of hydrogen-bond donors (Lipinski definition) is 0. The number of halogens is 5. The average Bonchev–Trinajstić information content (AvgIpc) is 2.01. The van der Waals surface area contributed by atoms with Gasteiger partial charge in [0.2, 0.25) is 0 Å². The van der Waals surface area contributed by atoms with Gasteiger partial charge in [-0.25, -0.2) is 0 Å². The molecule has 78 valence electrons. The second-order valence-corrected chi connectivity index (χ2v) is 3.76. The van der Waals surface area contributed by atoms with Crippen molar-refractivity contribution in [2.24, 2.45) is 0 Å². The first-order chi connectivity index (χ1) is 6.40. The van der Waals surface area contributed by atoms with Crippen LogP contribution in [0.15, 0.2) is 18.2 Å². The number of hydrogen-bond acceptors (Lipinski definition) is 0. The van der Waals surface area contributed by atoms with Crippen LogP contribution in [0, 0.1) is 0 Å². The Morgan fingerprint density at radius 3 is 1.93 bits per heavy atom. The molecule has 7 heteroatoms. The van der Waals surface area contributed by atoms with E-state index in [0.29, 0.717) is 5.56 Å². The fourth-order valence-electron chi connectivity index (χ4n) is 1.08. The van der Waals surface area contributed by atoms with Gasteiger partial charge in [0.15, 0.2) is 0 Å². The number of benzene rings is 1. The van der Waals surface area contributed by atoms with Gasteiger partial charge in [0.05, 0.1) is 0 Å². The third-order valence-electron chi connectivity index (χ3n) is 1.78. The quantitative estimate of drug-likeness (QED) is 0.734. The standard InChI is InChI=1S/C8H7BCl2F3.K/c10-7-2-1-3-8(11)6(7)4-5-9(12,13)14;/h1-3H,4-5H2;/q-1;+1. The molecule has 0 nitrogen and oxygen atoms in total. The minimum Gasteiger partial charge on any atom is -0.449 e. The Morgan fingerprint density at radius 1 is 1.07 bits per heavy atom. The average molecular weight is 281 g/mol. The Hall–Kier alpha value is 1.29. The van der Waals surface area contributed by atoms with Crippen LogP contribution in [0.25, 0.3) is 0 Å². The Balaban J connectivity index is 0.00000196. The molecular weight excluding hydrogens is 274 g/mol. The molecule has 1 aromatic rings. The number of rotatable bonds is 3. The molecule has 0 N–H and O–H groups in total. The molecule has 0 fully saturated rings. The summed E-state index contributed by atoms with van der Waals surface area (Å²) < 4.78 is 35.9. The summed E-state index contributed by atoms with van der Waals surface area (Å²) in [5.74, 6) is 0. The van der Waals surface area contributed by atoms with E-state index in [1.165, 1.54) is 12.1 Å². The molecule has 0 saturated heterocycles. The second kappa shape index (κ2) is 6.89. The van der Waals surface area contributed by atoms with Crippen LogP contribution in [-0.2, 0) is 6.42 Å². The molecule has 1 aromatic carbocycles. The molecule has 0 aliphatic rings. The van der Waals surface area contributed by atoms with Gasteiger partial charge in [0, 0.05) is 10.0 Å². The molecule has 1 rings (SSSR count). The maximum atomic E-state index is 12.0. The molecule has 0 bridgehead atoms. The molecule has 15 heavy (non-hydrogen) atoms. The zero-order chi connectivity index (χ0) is 10.8. The van der Waals surface area contributed by atoms with Crippen LogP contribution in [0.5, 0.6) is 0 Å². The van der Waals surface area contributed by atoms with E-state index in [0.717, 1.165) is 0 Å². The van der Waals surface area contributed by atoms with Gasteiger partial charge < -0.3 is 12.9 Å². The molecule has 0 unspecified atom stereocenters.